The van der Waals surface area contributed by atoms with E-state index in [4.69, 9.17) is 0 Å². The predicted molar refractivity (Wildman–Crippen MR) is 143 cm³/mol. The largest absolute Gasteiger partial charge is 0.0654 e. The predicted octanol–water partition coefficient (Wildman–Crippen LogP) is 11.1. The zero-order valence-electron chi connectivity index (χ0n) is 22.4. The molecule has 0 amide bonds. The van der Waals surface area contributed by atoms with Gasteiger partial charge >= 0.3 is 0 Å². The quantitative estimate of drug-likeness (QED) is 0.250. The molecule has 3 saturated carbocycles. The fraction of sp³-hybridized carbons (Fsp3) is 1.00. The molecule has 3 fully saturated rings. The van der Waals surface area contributed by atoms with Crippen molar-refractivity contribution in [2.24, 2.45) is 35.5 Å². The van der Waals surface area contributed by atoms with Crippen LogP contribution >= 0.6 is 0 Å². The molecule has 0 spiro atoms. The normalized spacial score (nSPS) is 33.9. The Hall–Kier alpha value is 0. The van der Waals surface area contributed by atoms with Gasteiger partial charge in [0, 0.05) is 0 Å². The molecule has 0 aromatic carbocycles. The molecule has 188 valence electrons. The van der Waals surface area contributed by atoms with Crippen LogP contribution in [0.4, 0.5) is 0 Å². The van der Waals surface area contributed by atoms with E-state index >= 15 is 0 Å². The highest BCUT2D eigenvalue weighted by Crippen LogP contribution is 2.39. The first-order valence-electron chi connectivity index (χ1n) is 15.8. The van der Waals surface area contributed by atoms with Crippen molar-refractivity contribution in [1.29, 1.82) is 0 Å². The van der Waals surface area contributed by atoms with E-state index in [0.29, 0.717) is 0 Å². The van der Waals surface area contributed by atoms with Crippen LogP contribution in [0, 0.1) is 35.5 Å². The SMILES string of the molecule is CCCCC1CCC(CCCC2CCC(CCCC3CCC(CCCC)CC3)CC2)CC1. The molecule has 3 aliphatic carbocycles. The molecule has 3 aliphatic rings. The second-order valence-corrected chi connectivity index (χ2v) is 12.8. The second kappa shape index (κ2) is 15.8. The molecule has 32 heavy (non-hydrogen) atoms. The van der Waals surface area contributed by atoms with Crippen LogP contribution in [0.1, 0.15) is 168 Å². The fourth-order valence-corrected chi connectivity index (χ4v) is 7.80. The lowest BCUT2D eigenvalue weighted by Gasteiger charge is -2.31. The molecular weight excluding hydrogens is 384 g/mol. The maximum absolute atomic E-state index is 2.35. The third-order valence-electron chi connectivity index (χ3n) is 10.3. The average molecular weight is 445 g/mol. The van der Waals surface area contributed by atoms with Crippen LogP contribution in [-0.4, -0.2) is 0 Å². The lowest BCUT2D eigenvalue weighted by atomic mass is 9.75. The second-order valence-electron chi connectivity index (χ2n) is 12.8. The van der Waals surface area contributed by atoms with Crippen LogP contribution < -0.4 is 0 Å². The van der Waals surface area contributed by atoms with Gasteiger partial charge in [-0.25, -0.2) is 0 Å². The number of unbranched alkanes of at least 4 members (excludes halogenated alkanes) is 2. The lowest BCUT2D eigenvalue weighted by molar-refractivity contribution is 0.213. The van der Waals surface area contributed by atoms with Crippen molar-refractivity contribution in [3.63, 3.8) is 0 Å². The summed E-state index contributed by atoms with van der Waals surface area (Å²) >= 11 is 0. The van der Waals surface area contributed by atoms with E-state index < -0.39 is 0 Å². The summed E-state index contributed by atoms with van der Waals surface area (Å²) in [6, 6.07) is 0. The Bertz CT molecular complexity index is 387. The van der Waals surface area contributed by atoms with Crippen LogP contribution in [0.5, 0.6) is 0 Å². The first-order valence-corrected chi connectivity index (χ1v) is 15.8. The number of hydrogen-bond donors (Lipinski definition) is 0. The summed E-state index contributed by atoms with van der Waals surface area (Å²) in [4.78, 5) is 0. The molecule has 0 bridgehead atoms. The molecule has 0 aromatic rings. The molecule has 0 aliphatic heterocycles. The van der Waals surface area contributed by atoms with Gasteiger partial charge in [0.1, 0.15) is 0 Å². The summed E-state index contributed by atoms with van der Waals surface area (Å²) < 4.78 is 0. The Morgan fingerprint density at radius 3 is 0.688 bits per heavy atom. The van der Waals surface area contributed by atoms with E-state index in [2.05, 4.69) is 13.8 Å². The van der Waals surface area contributed by atoms with Crippen molar-refractivity contribution in [1.82, 2.24) is 0 Å². The van der Waals surface area contributed by atoms with Crippen molar-refractivity contribution in [2.75, 3.05) is 0 Å². The van der Waals surface area contributed by atoms with E-state index in [-0.39, 0.29) is 0 Å². The summed E-state index contributed by atoms with van der Waals surface area (Å²) in [5, 5.41) is 0. The first-order chi connectivity index (χ1) is 15.8. The topological polar surface area (TPSA) is 0 Å². The average Bonchev–Trinajstić information content (AvgIpc) is 2.84. The van der Waals surface area contributed by atoms with Gasteiger partial charge in [0.25, 0.3) is 0 Å². The Morgan fingerprint density at radius 1 is 0.312 bits per heavy atom. The Balaban J connectivity index is 1.15. The third kappa shape index (κ3) is 10.1. The number of hydrogen-bond acceptors (Lipinski definition) is 0. The van der Waals surface area contributed by atoms with Gasteiger partial charge in [-0.3, -0.25) is 0 Å². The monoisotopic (exact) mass is 444 g/mol. The molecular formula is C32H60. The van der Waals surface area contributed by atoms with E-state index in [1.54, 1.807) is 116 Å². The summed E-state index contributed by atoms with van der Waals surface area (Å²) in [7, 11) is 0. The molecule has 3 rings (SSSR count). The van der Waals surface area contributed by atoms with Crippen LogP contribution in [0.2, 0.25) is 0 Å². The maximum Gasteiger partial charge on any atom is -0.0414 e. The van der Waals surface area contributed by atoms with Crippen LogP contribution in [0.25, 0.3) is 0 Å². The van der Waals surface area contributed by atoms with Crippen LogP contribution in [0.3, 0.4) is 0 Å². The van der Waals surface area contributed by atoms with E-state index in [1.807, 2.05) is 0 Å². The Labute approximate surface area is 203 Å². The van der Waals surface area contributed by atoms with Crippen molar-refractivity contribution >= 4 is 0 Å². The van der Waals surface area contributed by atoms with Crippen molar-refractivity contribution < 1.29 is 0 Å². The zero-order chi connectivity index (χ0) is 22.4. The fourth-order valence-electron chi connectivity index (χ4n) is 7.80. The highest BCUT2D eigenvalue weighted by Gasteiger charge is 2.24. The first kappa shape index (κ1) is 26.6. The van der Waals surface area contributed by atoms with E-state index in [0.717, 1.165) is 35.5 Å². The summed E-state index contributed by atoms with van der Waals surface area (Å²) in [6.45, 7) is 4.69. The molecule has 0 heteroatoms. The smallest absolute Gasteiger partial charge is 0.0414 e. The maximum atomic E-state index is 2.35. The van der Waals surface area contributed by atoms with Gasteiger partial charge in [-0.05, 0) is 35.5 Å². The minimum atomic E-state index is 1.09. The standard InChI is InChI=1S/C32H60/c1-3-5-9-27-15-19-29(20-16-27)11-7-13-31-23-25-32(26-24-31)14-8-12-30-21-17-28(18-22-30)10-6-4-2/h27-32H,3-26H2,1-2H3. The minimum absolute atomic E-state index is 1.09. The van der Waals surface area contributed by atoms with Crippen molar-refractivity contribution in [2.45, 2.75) is 168 Å². The van der Waals surface area contributed by atoms with E-state index in [9.17, 15) is 0 Å². The molecule has 0 radical (unpaired) electrons. The van der Waals surface area contributed by atoms with Crippen molar-refractivity contribution in [3.05, 3.63) is 0 Å². The van der Waals surface area contributed by atoms with Gasteiger partial charge in [0.15, 0.2) is 0 Å². The van der Waals surface area contributed by atoms with Crippen LogP contribution in [-0.2, 0) is 0 Å². The highest BCUT2D eigenvalue weighted by atomic mass is 14.3. The van der Waals surface area contributed by atoms with E-state index in [1.165, 1.54) is 38.5 Å². The van der Waals surface area contributed by atoms with Gasteiger partial charge < -0.3 is 0 Å². The summed E-state index contributed by atoms with van der Waals surface area (Å²) in [5.74, 6) is 6.53. The molecule has 0 heterocycles. The van der Waals surface area contributed by atoms with Crippen molar-refractivity contribution in [3.8, 4) is 0 Å². The molecule has 0 nitrogen and oxygen atoms in total. The van der Waals surface area contributed by atoms with Gasteiger partial charge in [-0.1, -0.05) is 168 Å². The summed E-state index contributed by atoms with van der Waals surface area (Å²) in [6.07, 6.45) is 36.8. The van der Waals surface area contributed by atoms with Gasteiger partial charge in [-0.2, -0.15) is 0 Å². The Kier molecular flexibility index (Phi) is 13.1. The third-order valence-corrected chi connectivity index (χ3v) is 10.3. The lowest BCUT2D eigenvalue weighted by Crippen LogP contribution is -2.17. The van der Waals surface area contributed by atoms with Gasteiger partial charge in [-0.15, -0.1) is 0 Å². The number of rotatable bonds is 14. The molecule has 0 saturated heterocycles. The molecule has 0 N–H and O–H groups in total. The van der Waals surface area contributed by atoms with Crippen LogP contribution in [0.15, 0.2) is 0 Å². The summed E-state index contributed by atoms with van der Waals surface area (Å²) in [5.41, 5.74) is 0. The van der Waals surface area contributed by atoms with Gasteiger partial charge in [0.2, 0.25) is 0 Å². The van der Waals surface area contributed by atoms with Gasteiger partial charge in [0.05, 0.1) is 0 Å². The molecule has 0 unspecified atom stereocenters. The molecule has 0 atom stereocenters. The highest BCUT2D eigenvalue weighted by molar-refractivity contribution is 4.77. The Morgan fingerprint density at radius 2 is 0.500 bits per heavy atom. The zero-order valence-corrected chi connectivity index (χ0v) is 22.4. The minimum Gasteiger partial charge on any atom is -0.0654 e. The molecule has 0 aromatic heterocycles.